The first-order chi connectivity index (χ1) is 7.32. The van der Waals surface area contributed by atoms with Gasteiger partial charge in [0.05, 0.1) is 11.6 Å². The number of nitrogens with zero attached hydrogens (tertiary/aromatic N) is 1. The van der Waals surface area contributed by atoms with Crippen molar-refractivity contribution in [1.29, 1.82) is 5.26 Å². The first-order valence-corrected chi connectivity index (χ1v) is 5.30. The molecule has 2 nitrogen and oxygen atoms in total. The predicted octanol–water partition coefficient (Wildman–Crippen LogP) is 3.54. The lowest BCUT2D eigenvalue weighted by Crippen LogP contribution is -2.30. The minimum Gasteiger partial charge on any atom is -0.382 e. The molecule has 1 unspecified atom stereocenters. The second-order valence-electron chi connectivity index (χ2n) is 5.07. The molecule has 0 aliphatic rings. The van der Waals surface area contributed by atoms with Gasteiger partial charge in [0.1, 0.15) is 5.82 Å². The van der Waals surface area contributed by atoms with Gasteiger partial charge in [0.2, 0.25) is 0 Å². The molecule has 0 spiro atoms. The minimum absolute atomic E-state index is 0.0825. The molecule has 0 saturated carbocycles. The van der Waals surface area contributed by atoms with Crippen molar-refractivity contribution < 1.29 is 4.39 Å². The van der Waals surface area contributed by atoms with Crippen molar-refractivity contribution in [3.8, 4) is 6.07 Å². The van der Waals surface area contributed by atoms with Crippen LogP contribution >= 0.6 is 0 Å². The van der Waals surface area contributed by atoms with E-state index >= 15 is 0 Å². The molecule has 0 heterocycles. The van der Waals surface area contributed by atoms with Gasteiger partial charge in [-0.1, -0.05) is 20.8 Å². The Morgan fingerprint density at radius 1 is 1.31 bits per heavy atom. The Bertz CT molecular complexity index is 413. The first kappa shape index (κ1) is 12.5. The Balaban J connectivity index is 2.90. The fourth-order valence-electron chi connectivity index (χ4n) is 1.20. The van der Waals surface area contributed by atoms with Crippen molar-refractivity contribution in [2.24, 2.45) is 5.41 Å². The molecule has 1 N–H and O–H groups in total. The molecule has 1 atom stereocenters. The third-order valence-corrected chi connectivity index (χ3v) is 2.71. The summed E-state index contributed by atoms with van der Waals surface area (Å²) in [5.74, 6) is -0.386. The largest absolute Gasteiger partial charge is 0.382 e. The van der Waals surface area contributed by atoms with Crippen molar-refractivity contribution in [3.63, 3.8) is 0 Å². The topological polar surface area (TPSA) is 35.8 Å². The highest BCUT2D eigenvalue weighted by atomic mass is 19.1. The molecule has 0 fully saturated rings. The zero-order valence-electron chi connectivity index (χ0n) is 10.1. The van der Waals surface area contributed by atoms with Crippen LogP contribution in [0.15, 0.2) is 18.2 Å². The summed E-state index contributed by atoms with van der Waals surface area (Å²) in [5, 5.41) is 11.9. The quantitative estimate of drug-likeness (QED) is 0.827. The third kappa shape index (κ3) is 3.23. The van der Waals surface area contributed by atoms with Gasteiger partial charge < -0.3 is 5.32 Å². The molecule has 86 valence electrons. The van der Waals surface area contributed by atoms with Crippen molar-refractivity contribution in [2.75, 3.05) is 5.32 Å². The molecule has 1 rings (SSSR count). The van der Waals surface area contributed by atoms with Gasteiger partial charge in [0.25, 0.3) is 0 Å². The van der Waals surface area contributed by atoms with E-state index in [1.54, 1.807) is 6.07 Å². The van der Waals surface area contributed by atoms with E-state index in [1.165, 1.54) is 12.1 Å². The maximum absolute atomic E-state index is 13.2. The molecule has 0 aliphatic heterocycles. The first-order valence-electron chi connectivity index (χ1n) is 5.30. The van der Waals surface area contributed by atoms with Crippen LogP contribution in [0.25, 0.3) is 0 Å². The van der Waals surface area contributed by atoms with Gasteiger partial charge in [-0.15, -0.1) is 0 Å². The summed E-state index contributed by atoms with van der Waals surface area (Å²) < 4.78 is 13.2. The number of hydrogen-bond donors (Lipinski definition) is 1. The number of hydrogen-bond acceptors (Lipinski definition) is 2. The molecule has 3 heteroatoms. The van der Waals surface area contributed by atoms with E-state index in [2.05, 4.69) is 26.1 Å². The van der Waals surface area contributed by atoms with E-state index in [4.69, 9.17) is 5.26 Å². The molecule has 0 bridgehead atoms. The normalized spacial score (nSPS) is 13.0. The van der Waals surface area contributed by atoms with Crippen LogP contribution in [-0.4, -0.2) is 6.04 Å². The van der Waals surface area contributed by atoms with Gasteiger partial charge >= 0.3 is 0 Å². The highest BCUT2D eigenvalue weighted by Gasteiger charge is 2.19. The molecule has 0 aliphatic carbocycles. The number of nitrogens with one attached hydrogen (secondary N) is 1. The Labute approximate surface area is 96.1 Å². The summed E-state index contributed by atoms with van der Waals surface area (Å²) in [5.41, 5.74) is 1.07. The second kappa shape index (κ2) is 4.52. The van der Waals surface area contributed by atoms with Gasteiger partial charge in [-0.05, 0) is 30.5 Å². The lowest BCUT2D eigenvalue weighted by molar-refractivity contribution is 0.359. The maximum Gasteiger partial charge on any atom is 0.126 e. The average molecular weight is 220 g/mol. The summed E-state index contributed by atoms with van der Waals surface area (Å²) in [4.78, 5) is 0. The van der Waals surface area contributed by atoms with Gasteiger partial charge in [0.15, 0.2) is 0 Å². The highest BCUT2D eigenvalue weighted by Crippen LogP contribution is 2.23. The van der Waals surface area contributed by atoms with E-state index in [-0.39, 0.29) is 17.3 Å². The van der Waals surface area contributed by atoms with Crippen molar-refractivity contribution in [1.82, 2.24) is 0 Å². The van der Waals surface area contributed by atoms with Gasteiger partial charge in [-0.25, -0.2) is 4.39 Å². The Hall–Kier alpha value is -1.56. The van der Waals surface area contributed by atoms with Crippen LogP contribution in [0.3, 0.4) is 0 Å². The van der Waals surface area contributed by atoms with Crippen LogP contribution in [0.1, 0.15) is 33.3 Å². The third-order valence-electron chi connectivity index (χ3n) is 2.71. The number of rotatable bonds is 2. The molecular weight excluding hydrogens is 203 g/mol. The maximum atomic E-state index is 13.2. The highest BCUT2D eigenvalue weighted by molar-refractivity contribution is 5.50. The lowest BCUT2D eigenvalue weighted by atomic mass is 9.88. The average Bonchev–Trinajstić information content (AvgIpc) is 2.15. The standard InChI is InChI=1S/C13H17FN2/c1-9(13(2,3)4)16-12-6-10(8-15)5-11(14)7-12/h5-7,9,16H,1-4H3. The predicted molar refractivity (Wildman–Crippen MR) is 63.7 cm³/mol. The van der Waals surface area contributed by atoms with Crippen LogP contribution in [0, 0.1) is 22.6 Å². The summed E-state index contributed by atoms with van der Waals surface area (Å²) in [7, 11) is 0. The Morgan fingerprint density at radius 3 is 2.44 bits per heavy atom. The van der Waals surface area contributed by atoms with E-state index in [9.17, 15) is 4.39 Å². The van der Waals surface area contributed by atoms with Crippen LogP contribution in [0.4, 0.5) is 10.1 Å². The molecule has 1 aromatic rings. The van der Waals surface area contributed by atoms with Crippen LogP contribution in [-0.2, 0) is 0 Å². The van der Waals surface area contributed by atoms with E-state index in [0.717, 1.165) is 0 Å². The van der Waals surface area contributed by atoms with Gasteiger partial charge in [0, 0.05) is 11.7 Å². The molecule has 1 aromatic carbocycles. The Morgan fingerprint density at radius 2 is 1.94 bits per heavy atom. The van der Waals surface area contributed by atoms with Crippen LogP contribution in [0.2, 0.25) is 0 Å². The second-order valence-corrected chi connectivity index (χ2v) is 5.07. The number of nitriles is 1. The van der Waals surface area contributed by atoms with E-state index in [0.29, 0.717) is 11.3 Å². The fraction of sp³-hybridized carbons (Fsp3) is 0.462. The zero-order chi connectivity index (χ0) is 12.3. The van der Waals surface area contributed by atoms with Gasteiger partial charge in [-0.3, -0.25) is 0 Å². The molecule has 16 heavy (non-hydrogen) atoms. The monoisotopic (exact) mass is 220 g/mol. The van der Waals surface area contributed by atoms with Crippen molar-refractivity contribution in [3.05, 3.63) is 29.6 Å². The van der Waals surface area contributed by atoms with Gasteiger partial charge in [-0.2, -0.15) is 5.26 Å². The summed E-state index contributed by atoms with van der Waals surface area (Å²) >= 11 is 0. The SMILES string of the molecule is CC(Nc1cc(F)cc(C#N)c1)C(C)(C)C. The summed E-state index contributed by atoms with van der Waals surface area (Å²) in [6.45, 7) is 8.36. The fourth-order valence-corrected chi connectivity index (χ4v) is 1.20. The molecule has 0 saturated heterocycles. The summed E-state index contributed by atoms with van der Waals surface area (Å²) in [6.07, 6.45) is 0. The van der Waals surface area contributed by atoms with Crippen molar-refractivity contribution >= 4 is 5.69 Å². The van der Waals surface area contributed by atoms with E-state index < -0.39 is 0 Å². The number of halogens is 1. The Kier molecular flexibility index (Phi) is 3.54. The van der Waals surface area contributed by atoms with E-state index in [1.807, 2.05) is 13.0 Å². The summed E-state index contributed by atoms with van der Waals surface area (Å²) in [6, 6.07) is 6.43. The van der Waals surface area contributed by atoms with Crippen LogP contribution in [0.5, 0.6) is 0 Å². The molecule has 0 radical (unpaired) electrons. The minimum atomic E-state index is -0.386. The zero-order valence-corrected chi connectivity index (χ0v) is 10.1. The molecule has 0 amide bonds. The molecule has 0 aromatic heterocycles. The number of benzene rings is 1. The smallest absolute Gasteiger partial charge is 0.126 e. The number of anilines is 1. The van der Waals surface area contributed by atoms with Crippen molar-refractivity contribution in [2.45, 2.75) is 33.7 Å². The lowest BCUT2D eigenvalue weighted by Gasteiger charge is -2.29. The molecular formula is C13H17FN2. The van der Waals surface area contributed by atoms with Crippen LogP contribution < -0.4 is 5.32 Å².